The van der Waals surface area contributed by atoms with E-state index in [1.54, 1.807) is 11.3 Å². The molecule has 17 heavy (non-hydrogen) atoms. The van der Waals surface area contributed by atoms with Crippen molar-refractivity contribution < 1.29 is 0 Å². The van der Waals surface area contributed by atoms with E-state index in [1.165, 1.54) is 4.88 Å². The molecule has 0 aliphatic carbocycles. The van der Waals surface area contributed by atoms with Crippen LogP contribution < -0.4 is 0 Å². The average Bonchev–Trinajstić information content (AvgIpc) is 2.58. The summed E-state index contributed by atoms with van der Waals surface area (Å²) in [5.74, 6) is 0. The summed E-state index contributed by atoms with van der Waals surface area (Å²) in [4.78, 5) is 2.32. The van der Waals surface area contributed by atoms with Crippen LogP contribution in [0.1, 0.15) is 20.7 Å². The quantitative estimate of drug-likeness (QED) is 0.488. The molecule has 90 valence electrons. The van der Waals surface area contributed by atoms with E-state index in [-0.39, 0.29) is 5.38 Å². The zero-order valence-corrected chi connectivity index (χ0v) is 14.3. The molecule has 0 bridgehead atoms. The molecule has 1 aromatic carbocycles. The number of thiophene rings is 1. The summed E-state index contributed by atoms with van der Waals surface area (Å²) in [5, 5.41) is 0.479. The van der Waals surface area contributed by atoms with Gasteiger partial charge in [-0.25, -0.2) is 0 Å². The molecule has 1 unspecified atom stereocenters. The summed E-state index contributed by atoms with van der Waals surface area (Å²) in [6.07, 6.45) is 0. The molecular weight excluding hydrogens is 407 g/mol. The Hall–Kier alpha value is 0.460. The van der Waals surface area contributed by atoms with Crippen LogP contribution in [0.25, 0.3) is 0 Å². The number of benzene rings is 1. The molecule has 0 nitrogen and oxygen atoms in total. The SMILES string of the molecule is Cc1sc(C(Cl)c2ccc(Br)cc2Cl)cc1Br. The molecule has 0 amide bonds. The van der Waals surface area contributed by atoms with Crippen LogP contribution in [-0.4, -0.2) is 0 Å². The zero-order chi connectivity index (χ0) is 12.6. The minimum Gasteiger partial charge on any atom is -0.143 e. The highest BCUT2D eigenvalue weighted by Crippen LogP contribution is 2.40. The van der Waals surface area contributed by atoms with Gasteiger partial charge in [0.2, 0.25) is 0 Å². The van der Waals surface area contributed by atoms with Gasteiger partial charge in [0.25, 0.3) is 0 Å². The Labute approximate surface area is 131 Å². The van der Waals surface area contributed by atoms with E-state index in [1.807, 2.05) is 18.2 Å². The van der Waals surface area contributed by atoms with Gasteiger partial charge in [0.05, 0.1) is 5.38 Å². The number of hydrogen-bond acceptors (Lipinski definition) is 1. The highest BCUT2D eigenvalue weighted by Gasteiger charge is 2.17. The van der Waals surface area contributed by atoms with Crippen molar-refractivity contribution in [2.75, 3.05) is 0 Å². The van der Waals surface area contributed by atoms with Gasteiger partial charge >= 0.3 is 0 Å². The van der Waals surface area contributed by atoms with Gasteiger partial charge in [-0.15, -0.1) is 22.9 Å². The lowest BCUT2D eigenvalue weighted by Crippen LogP contribution is -1.91. The second-order valence-electron chi connectivity index (χ2n) is 3.58. The van der Waals surface area contributed by atoms with Crippen LogP contribution >= 0.6 is 66.4 Å². The molecule has 1 heterocycles. The first-order chi connectivity index (χ1) is 7.99. The maximum absolute atomic E-state index is 6.46. The molecule has 5 heteroatoms. The van der Waals surface area contributed by atoms with Gasteiger partial charge in [-0.1, -0.05) is 33.6 Å². The predicted molar refractivity (Wildman–Crippen MR) is 83.6 cm³/mol. The second kappa shape index (κ2) is 5.62. The summed E-state index contributed by atoms with van der Waals surface area (Å²) in [6.45, 7) is 2.06. The molecule has 0 fully saturated rings. The number of alkyl halides is 1. The summed E-state index contributed by atoms with van der Waals surface area (Å²) >= 11 is 21.2. The first kappa shape index (κ1) is 13.9. The van der Waals surface area contributed by atoms with Crippen molar-refractivity contribution in [3.05, 3.63) is 53.6 Å². The van der Waals surface area contributed by atoms with Crippen LogP contribution in [0, 0.1) is 6.92 Å². The molecule has 1 atom stereocenters. The fourth-order valence-corrected chi connectivity index (χ4v) is 4.25. The Morgan fingerprint density at radius 1 is 1.24 bits per heavy atom. The van der Waals surface area contributed by atoms with Crippen molar-refractivity contribution in [2.45, 2.75) is 12.3 Å². The fourth-order valence-electron chi connectivity index (χ4n) is 1.47. The van der Waals surface area contributed by atoms with E-state index in [4.69, 9.17) is 23.2 Å². The van der Waals surface area contributed by atoms with Crippen LogP contribution in [0.4, 0.5) is 0 Å². The maximum atomic E-state index is 6.46. The first-order valence-electron chi connectivity index (χ1n) is 4.84. The molecule has 0 N–H and O–H groups in total. The number of hydrogen-bond donors (Lipinski definition) is 0. The van der Waals surface area contributed by atoms with Crippen LogP contribution in [0.5, 0.6) is 0 Å². The average molecular weight is 415 g/mol. The van der Waals surface area contributed by atoms with Crippen molar-refractivity contribution in [3.63, 3.8) is 0 Å². The lowest BCUT2D eigenvalue weighted by Gasteiger charge is -2.10. The van der Waals surface area contributed by atoms with Crippen LogP contribution in [0.15, 0.2) is 33.2 Å². The number of halogens is 4. The largest absolute Gasteiger partial charge is 0.143 e. The van der Waals surface area contributed by atoms with Crippen molar-refractivity contribution in [1.82, 2.24) is 0 Å². The summed E-state index contributed by atoms with van der Waals surface area (Å²) in [5.41, 5.74) is 0.935. The van der Waals surface area contributed by atoms with E-state index >= 15 is 0 Å². The molecule has 0 aliphatic heterocycles. The lowest BCUT2D eigenvalue weighted by molar-refractivity contribution is 1.18. The fraction of sp³-hybridized carbons (Fsp3) is 0.167. The van der Waals surface area contributed by atoms with Crippen molar-refractivity contribution in [1.29, 1.82) is 0 Å². The Balaban J connectivity index is 2.39. The van der Waals surface area contributed by atoms with Gasteiger partial charge in [0.1, 0.15) is 0 Å². The minimum atomic E-state index is -0.203. The van der Waals surface area contributed by atoms with Crippen molar-refractivity contribution in [2.24, 2.45) is 0 Å². The number of rotatable bonds is 2. The third-order valence-corrected chi connectivity index (χ3v) is 5.98. The first-order valence-corrected chi connectivity index (χ1v) is 8.05. The monoisotopic (exact) mass is 412 g/mol. The molecule has 2 rings (SSSR count). The van der Waals surface area contributed by atoms with Gasteiger partial charge in [0, 0.05) is 23.7 Å². The van der Waals surface area contributed by atoms with Gasteiger partial charge in [-0.05, 0) is 46.6 Å². The minimum absolute atomic E-state index is 0.203. The molecule has 0 saturated heterocycles. The smallest absolute Gasteiger partial charge is 0.0942 e. The third kappa shape index (κ3) is 3.07. The molecule has 0 aliphatic rings. The maximum Gasteiger partial charge on any atom is 0.0942 e. The van der Waals surface area contributed by atoms with Crippen LogP contribution in [-0.2, 0) is 0 Å². The highest BCUT2D eigenvalue weighted by atomic mass is 79.9. The molecule has 0 saturated carbocycles. The Morgan fingerprint density at radius 2 is 1.94 bits per heavy atom. The third-order valence-electron chi connectivity index (χ3n) is 2.36. The van der Waals surface area contributed by atoms with E-state index < -0.39 is 0 Å². The molecule has 0 spiro atoms. The highest BCUT2D eigenvalue weighted by molar-refractivity contribution is 9.10. The summed E-state index contributed by atoms with van der Waals surface area (Å²) in [6, 6.07) is 7.82. The van der Waals surface area contributed by atoms with Gasteiger partial charge < -0.3 is 0 Å². The van der Waals surface area contributed by atoms with Gasteiger partial charge in [-0.2, -0.15) is 0 Å². The number of aryl methyl sites for hydroxylation is 1. The Kier molecular flexibility index (Phi) is 4.59. The second-order valence-corrected chi connectivity index (χ2v) is 7.48. The molecule has 1 aromatic heterocycles. The zero-order valence-electron chi connectivity index (χ0n) is 8.81. The molecule has 2 aromatic rings. The summed E-state index contributed by atoms with van der Waals surface area (Å²) < 4.78 is 2.05. The molecular formula is C12H8Br2Cl2S. The van der Waals surface area contributed by atoms with E-state index in [2.05, 4.69) is 44.8 Å². The normalized spacial score (nSPS) is 12.8. The standard InChI is InChI=1S/C12H8Br2Cl2S/c1-6-9(14)5-11(17-6)12(16)8-3-2-7(13)4-10(8)15/h2-5,12H,1H3. The van der Waals surface area contributed by atoms with Crippen LogP contribution in [0.3, 0.4) is 0 Å². The van der Waals surface area contributed by atoms with Gasteiger partial charge in [-0.3, -0.25) is 0 Å². The Morgan fingerprint density at radius 3 is 2.47 bits per heavy atom. The van der Waals surface area contributed by atoms with Crippen molar-refractivity contribution >= 4 is 66.4 Å². The van der Waals surface area contributed by atoms with E-state index in [0.717, 1.165) is 19.4 Å². The van der Waals surface area contributed by atoms with Crippen LogP contribution in [0.2, 0.25) is 5.02 Å². The van der Waals surface area contributed by atoms with Crippen molar-refractivity contribution in [3.8, 4) is 0 Å². The van der Waals surface area contributed by atoms with E-state index in [0.29, 0.717) is 5.02 Å². The van der Waals surface area contributed by atoms with Gasteiger partial charge in [0.15, 0.2) is 0 Å². The molecule has 0 radical (unpaired) electrons. The topological polar surface area (TPSA) is 0 Å². The Bertz CT molecular complexity index is 532. The summed E-state index contributed by atoms with van der Waals surface area (Å²) in [7, 11) is 0. The van der Waals surface area contributed by atoms with E-state index in [9.17, 15) is 0 Å². The lowest BCUT2D eigenvalue weighted by atomic mass is 10.1. The predicted octanol–water partition coefficient (Wildman–Crippen LogP) is 6.56.